The molecule has 20 heavy (non-hydrogen) atoms. The Hall–Kier alpha value is -1.51. The number of allylic oxidation sites excluding steroid dienone is 1. The van der Waals surface area contributed by atoms with Gasteiger partial charge in [0, 0.05) is 23.3 Å². The zero-order valence-corrected chi connectivity index (χ0v) is 12.0. The average Bonchev–Trinajstić information content (AvgIpc) is 2.68. The predicted molar refractivity (Wildman–Crippen MR) is 79.2 cm³/mol. The molecule has 3 heteroatoms. The van der Waals surface area contributed by atoms with Gasteiger partial charge >= 0.3 is 0 Å². The zero-order chi connectivity index (χ0) is 13.7. The van der Waals surface area contributed by atoms with Crippen LogP contribution in [0.3, 0.4) is 0 Å². The molecule has 4 aliphatic rings. The van der Waals surface area contributed by atoms with Crippen LogP contribution in [0.25, 0.3) is 6.08 Å². The van der Waals surface area contributed by atoms with E-state index in [1.54, 1.807) is 0 Å². The van der Waals surface area contributed by atoms with Crippen LogP contribution in [-0.4, -0.2) is 16.9 Å². The summed E-state index contributed by atoms with van der Waals surface area (Å²) in [6.45, 7) is 2.13. The number of nitrogens with one attached hydrogen (secondary N) is 2. The Bertz CT molecular complexity index is 567. The fraction of sp³-hybridized carbons (Fsp3) is 0.588. The fourth-order valence-electron chi connectivity index (χ4n) is 4.08. The van der Waals surface area contributed by atoms with Crippen molar-refractivity contribution in [3.05, 3.63) is 29.1 Å². The Kier molecular flexibility index (Phi) is 2.60. The van der Waals surface area contributed by atoms with Crippen molar-refractivity contribution in [1.29, 1.82) is 0 Å². The molecule has 1 atom stereocenters. The summed E-state index contributed by atoms with van der Waals surface area (Å²) in [5, 5.41) is 3.23. The van der Waals surface area contributed by atoms with E-state index in [0.717, 1.165) is 44.4 Å². The standard InChI is InChI=1S/C17H22N2O/c1-11(19-16(20)17-7-12(8-17)9-17)6-13-10-18-15-5-3-2-4-14(13)15/h3,5,10-12,18H,2,4,6-9H2,1H3,(H,19,20)/t11-,12?,17?/m1/s1. The highest BCUT2D eigenvalue weighted by molar-refractivity contribution is 5.85. The Morgan fingerprint density at radius 1 is 1.50 bits per heavy atom. The SMILES string of the molecule is C[C@H](Cc1c[nH]c2c1CCC=C2)NC(=O)C12CC(C1)C2. The van der Waals surface area contributed by atoms with Gasteiger partial charge in [0.05, 0.1) is 0 Å². The van der Waals surface area contributed by atoms with Crippen LogP contribution in [0.4, 0.5) is 0 Å². The van der Waals surface area contributed by atoms with Crippen LogP contribution in [-0.2, 0) is 17.6 Å². The predicted octanol–water partition coefficient (Wildman–Crippen LogP) is 2.82. The fourth-order valence-corrected chi connectivity index (χ4v) is 4.08. The lowest BCUT2D eigenvalue weighted by Gasteiger charge is -2.60. The molecular weight excluding hydrogens is 248 g/mol. The molecule has 0 aromatic carbocycles. The zero-order valence-electron chi connectivity index (χ0n) is 12.0. The van der Waals surface area contributed by atoms with Crippen molar-refractivity contribution in [2.75, 3.05) is 0 Å². The number of rotatable bonds is 4. The van der Waals surface area contributed by atoms with E-state index in [9.17, 15) is 4.79 Å². The molecule has 0 unspecified atom stereocenters. The summed E-state index contributed by atoms with van der Waals surface area (Å²) in [6, 6.07) is 0.224. The molecule has 0 aliphatic heterocycles. The monoisotopic (exact) mass is 270 g/mol. The molecule has 0 radical (unpaired) electrons. The third-order valence-electron chi connectivity index (χ3n) is 5.38. The second-order valence-corrected chi connectivity index (χ2v) is 6.98. The average molecular weight is 270 g/mol. The molecule has 4 aliphatic carbocycles. The summed E-state index contributed by atoms with van der Waals surface area (Å²) in [5.41, 5.74) is 4.11. The largest absolute Gasteiger partial charge is 0.361 e. The minimum Gasteiger partial charge on any atom is -0.361 e. The third kappa shape index (κ3) is 1.75. The number of hydrogen-bond donors (Lipinski definition) is 2. The van der Waals surface area contributed by atoms with E-state index in [-0.39, 0.29) is 11.5 Å². The molecule has 2 bridgehead atoms. The number of carbonyl (C=O) groups excluding carboxylic acids is 1. The summed E-state index contributed by atoms with van der Waals surface area (Å²) in [4.78, 5) is 15.6. The molecule has 3 fully saturated rings. The minimum absolute atomic E-state index is 0.0409. The van der Waals surface area contributed by atoms with Gasteiger partial charge in [-0.05, 0) is 68.6 Å². The van der Waals surface area contributed by atoms with E-state index in [2.05, 4.69) is 35.6 Å². The molecule has 0 saturated heterocycles. The Morgan fingerprint density at radius 3 is 3.00 bits per heavy atom. The van der Waals surface area contributed by atoms with Gasteiger partial charge in [-0.3, -0.25) is 4.79 Å². The van der Waals surface area contributed by atoms with Gasteiger partial charge in [-0.15, -0.1) is 0 Å². The molecular formula is C17H22N2O. The van der Waals surface area contributed by atoms with Crippen molar-refractivity contribution in [2.45, 2.75) is 51.5 Å². The Balaban J connectivity index is 1.40. The Morgan fingerprint density at radius 2 is 2.30 bits per heavy atom. The van der Waals surface area contributed by atoms with Crippen molar-refractivity contribution >= 4 is 12.0 Å². The first-order valence-corrected chi connectivity index (χ1v) is 7.83. The molecule has 3 saturated carbocycles. The highest BCUT2D eigenvalue weighted by Gasteiger charge is 2.61. The third-order valence-corrected chi connectivity index (χ3v) is 5.38. The second-order valence-electron chi connectivity index (χ2n) is 6.98. The number of H-pyrrole nitrogens is 1. The summed E-state index contributed by atoms with van der Waals surface area (Å²) in [5.74, 6) is 1.16. The van der Waals surface area contributed by atoms with Crippen molar-refractivity contribution in [1.82, 2.24) is 10.3 Å². The van der Waals surface area contributed by atoms with E-state index in [1.165, 1.54) is 16.8 Å². The molecule has 0 spiro atoms. The smallest absolute Gasteiger partial charge is 0.226 e. The molecule has 1 heterocycles. The van der Waals surface area contributed by atoms with Crippen LogP contribution in [0.1, 0.15) is 49.4 Å². The normalized spacial score (nSPS) is 30.9. The lowest BCUT2D eigenvalue weighted by molar-refractivity contribution is -0.165. The van der Waals surface area contributed by atoms with Gasteiger partial charge in [-0.25, -0.2) is 0 Å². The number of aromatic amines is 1. The van der Waals surface area contributed by atoms with Gasteiger partial charge in [0.15, 0.2) is 0 Å². The molecule has 3 nitrogen and oxygen atoms in total. The number of aromatic nitrogens is 1. The highest BCUT2D eigenvalue weighted by Crippen LogP contribution is 2.64. The number of amides is 1. The first-order valence-electron chi connectivity index (χ1n) is 7.83. The van der Waals surface area contributed by atoms with E-state index in [0.29, 0.717) is 5.91 Å². The van der Waals surface area contributed by atoms with Crippen molar-refractivity contribution < 1.29 is 4.79 Å². The van der Waals surface area contributed by atoms with Gasteiger partial charge < -0.3 is 10.3 Å². The van der Waals surface area contributed by atoms with Gasteiger partial charge in [-0.1, -0.05) is 6.08 Å². The van der Waals surface area contributed by atoms with E-state index in [1.807, 2.05) is 0 Å². The maximum Gasteiger partial charge on any atom is 0.226 e. The van der Waals surface area contributed by atoms with Crippen LogP contribution in [0.15, 0.2) is 12.3 Å². The van der Waals surface area contributed by atoms with Crippen LogP contribution in [0.5, 0.6) is 0 Å². The summed E-state index contributed by atoms with van der Waals surface area (Å²) in [6.07, 6.45) is 13.1. The molecule has 1 aromatic heterocycles. The van der Waals surface area contributed by atoms with Crippen LogP contribution in [0, 0.1) is 11.3 Å². The maximum absolute atomic E-state index is 12.3. The van der Waals surface area contributed by atoms with Crippen LogP contribution >= 0.6 is 0 Å². The first-order chi connectivity index (χ1) is 9.66. The first kappa shape index (κ1) is 12.2. The molecule has 1 aromatic rings. The lowest BCUT2D eigenvalue weighted by Crippen LogP contribution is -2.61. The van der Waals surface area contributed by atoms with Gasteiger partial charge in [-0.2, -0.15) is 0 Å². The molecule has 106 valence electrons. The molecule has 1 amide bonds. The minimum atomic E-state index is 0.0409. The number of fused-ring (bicyclic) bond motifs is 1. The van der Waals surface area contributed by atoms with E-state index >= 15 is 0 Å². The highest BCUT2D eigenvalue weighted by atomic mass is 16.2. The van der Waals surface area contributed by atoms with E-state index < -0.39 is 0 Å². The van der Waals surface area contributed by atoms with Crippen molar-refractivity contribution in [2.24, 2.45) is 11.3 Å². The van der Waals surface area contributed by atoms with Gasteiger partial charge in [0.1, 0.15) is 0 Å². The maximum atomic E-state index is 12.3. The van der Waals surface area contributed by atoms with Crippen molar-refractivity contribution in [3.63, 3.8) is 0 Å². The van der Waals surface area contributed by atoms with Crippen LogP contribution < -0.4 is 5.32 Å². The number of carbonyl (C=O) groups is 1. The number of hydrogen-bond acceptors (Lipinski definition) is 1. The molecule has 5 rings (SSSR count). The summed E-state index contributed by atoms with van der Waals surface area (Å²) < 4.78 is 0. The van der Waals surface area contributed by atoms with E-state index in [4.69, 9.17) is 0 Å². The Labute approximate surface area is 119 Å². The lowest BCUT2D eigenvalue weighted by atomic mass is 9.44. The van der Waals surface area contributed by atoms with Crippen LogP contribution in [0.2, 0.25) is 0 Å². The second kappa shape index (κ2) is 4.24. The van der Waals surface area contributed by atoms with Gasteiger partial charge in [0.2, 0.25) is 5.91 Å². The molecule has 2 N–H and O–H groups in total. The summed E-state index contributed by atoms with van der Waals surface area (Å²) in [7, 11) is 0. The quantitative estimate of drug-likeness (QED) is 0.868. The topological polar surface area (TPSA) is 44.9 Å². The summed E-state index contributed by atoms with van der Waals surface area (Å²) >= 11 is 0. The van der Waals surface area contributed by atoms with Crippen molar-refractivity contribution in [3.8, 4) is 0 Å². The van der Waals surface area contributed by atoms with Gasteiger partial charge in [0.25, 0.3) is 0 Å².